The molecule has 31 heavy (non-hydrogen) atoms. The minimum Gasteiger partial charge on any atom is -0.744 e. The fraction of sp³-hybridized carbons (Fsp3) is 0.118. The van der Waals surface area contributed by atoms with Crippen molar-refractivity contribution in [1.29, 1.82) is 0 Å². The van der Waals surface area contributed by atoms with E-state index < -0.39 is 35.6 Å². The van der Waals surface area contributed by atoms with Gasteiger partial charge in [-0.3, -0.25) is 9.89 Å². The number of nitrogens with zero attached hydrogens (tertiary/aromatic N) is 3. The van der Waals surface area contributed by atoms with Gasteiger partial charge < -0.3 is 9.11 Å². The first-order chi connectivity index (χ1) is 14.3. The number of H-pyrrole nitrogens is 1. The lowest BCUT2D eigenvalue weighted by molar-refractivity contribution is 0.461. The lowest BCUT2D eigenvalue weighted by Crippen LogP contribution is -2.14. The zero-order chi connectivity index (χ0) is 23.1. The summed E-state index contributed by atoms with van der Waals surface area (Å²) in [7, 11) is -9.52. The predicted octanol–water partition coefficient (Wildman–Crippen LogP) is 2.66. The van der Waals surface area contributed by atoms with Gasteiger partial charge in [0.15, 0.2) is 5.69 Å². The Kier molecular flexibility index (Phi) is 5.90. The summed E-state index contributed by atoms with van der Waals surface area (Å²) in [5, 5.41) is 10.4. The second-order valence-electron chi connectivity index (χ2n) is 6.40. The predicted molar refractivity (Wildman–Crippen MR) is 107 cm³/mol. The Morgan fingerprint density at radius 2 is 1.58 bits per heavy atom. The van der Waals surface area contributed by atoms with Crippen LogP contribution < -0.4 is 5.56 Å². The van der Waals surface area contributed by atoms with E-state index in [2.05, 4.69) is 15.3 Å². The van der Waals surface area contributed by atoms with Crippen molar-refractivity contribution in [2.24, 2.45) is 10.2 Å². The molecule has 0 unspecified atom stereocenters. The number of aryl methyl sites for hydroxylation is 2. The van der Waals surface area contributed by atoms with Crippen LogP contribution in [0.4, 0.5) is 11.4 Å². The first kappa shape index (κ1) is 22.8. The van der Waals surface area contributed by atoms with E-state index in [1.54, 1.807) is 0 Å². The summed E-state index contributed by atoms with van der Waals surface area (Å²) in [5.74, 6) is 0. The molecule has 14 heteroatoms. The Bertz CT molecular complexity index is 1470. The molecule has 1 N–H and O–H groups in total. The highest BCUT2D eigenvalue weighted by Gasteiger charge is 2.15. The van der Waals surface area contributed by atoms with E-state index in [0.29, 0.717) is 5.56 Å². The summed E-state index contributed by atoms with van der Waals surface area (Å²) >= 11 is 5.97. The van der Waals surface area contributed by atoms with Crippen molar-refractivity contribution >= 4 is 43.2 Å². The number of benzene rings is 2. The third-order valence-electron chi connectivity index (χ3n) is 4.19. The van der Waals surface area contributed by atoms with Gasteiger partial charge in [-0.1, -0.05) is 11.6 Å². The molecule has 3 aromatic rings. The Morgan fingerprint density at radius 3 is 2.13 bits per heavy atom. The molecule has 0 bridgehead atoms. The van der Waals surface area contributed by atoms with Gasteiger partial charge in [0.05, 0.1) is 21.2 Å². The highest BCUT2D eigenvalue weighted by atomic mass is 35.5. The van der Waals surface area contributed by atoms with E-state index >= 15 is 0 Å². The van der Waals surface area contributed by atoms with E-state index in [1.807, 2.05) is 0 Å². The Balaban J connectivity index is 2.06. The molecule has 0 saturated carbocycles. The van der Waals surface area contributed by atoms with Crippen LogP contribution >= 0.6 is 11.6 Å². The summed E-state index contributed by atoms with van der Waals surface area (Å²) in [5.41, 5.74) is -0.404. The fourth-order valence-corrected chi connectivity index (χ4v) is 3.93. The van der Waals surface area contributed by atoms with E-state index in [9.17, 15) is 30.7 Å². The normalized spacial score (nSPS) is 12.5. The molecule has 0 aliphatic rings. The lowest BCUT2D eigenvalue weighted by atomic mass is 10.2. The summed E-state index contributed by atoms with van der Waals surface area (Å²) in [6.45, 7) is 3.01. The van der Waals surface area contributed by atoms with Crippen molar-refractivity contribution in [3.63, 3.8) is 0 Å². The summed E-state index contributed by atoms with van der Waals surface area (Å²) < 4.78 is 68.7. The van der Waals surface area contributed by atoms with Gasteiger partial charge in [0.1, 0.15) is 25.9 Å². The van der Waals surface area contributed by atoms with Gasteiger partial charge >= 0.3 is 0 Å². The van der Waals surface area contributed by atoms with Crippen LogP contribution in [0.25, 0.3) is 5.69 Å². The van der Waals surface area contributed by atoms with Gasteiger partial charge in [-0.2, -0.15) is 0 Å². The summed E-state index contributed by atoms with van der Waals surface area (Å²) in [6.07, 6.45) is 0. The van der Waals surface area contributed by atoms with Crippen molar-refractivity contribution < 1.29 is 25.9 Å². The van der Waals surface area contributed by atoms with Crippen molar-refractivity contribution in [3.05, 3.63) is 63.0 Å². The molecule has 1 heterocycles. The molecular formula is C17H13ClN4O7S2-2. The van der Waals surface area contributed by atoms with Gasteiger partial charge in [0.2, 0.25) is 0 Å². The maximum Gasteiger partial charge on any atom is 0.299 e. The topological polar surface area (TPSA) is 177 Å². The van der Waals surface area contributed by atoms with Crippen LogP contribution in [-0.2, 0) is 20.2 Å². The van der Waals surface area contributed by atoms with Gasteiger partial charge in [-0.25, -0.2) is 21.5 Å². The third kappa shape index (κ3) is 4.75. The first-order valence-electron chi connectivity index (χ1n) is 8.35. The molecule has 0 aliphatic heterocycles. The second kappa shape index (κ2) is 8.01. The minimum atomic E-state index is -4.88. The minimum absolute atomic E-state index is 0.151. The Labute approximate surface area is 181 Å². The smallest absolute Gasteiger partial charge is 0.299 e. The number of aromatic amines is 1. The van der Waals surface area contributed by atoms with Crippen LogP contribution in [0.5, 0.6) is 0 Å². The number of hydrogen-bond donors (Lipinski definition) is 1. The molecule has 11 nitrogen and oxygen atoms in total. The molecule has 2 aromatic carbocycles. The quantitative estimate of drug-likeness (QED) is 0.427. The average Bonchev–Trinajstić information content (AvgIpc) is 2.95. The number of hydrogen-bond acceptors (Lipinski definition) is 9. The van der Waals surface area contributed by atoms with E-state index in [4.69, 9.17) is 11.6 Å². The lowest BCUT2D eigenvalue weighted by Gasteiger charge is -2.11. The molecule has 0 saturated heterocycles. The molecule has 1 aromatic heterocycles. The maximum atomic E-state index is 12.7. The number of nitrogens with one attached hydrogen (secondary N) is 1. The Hall–Kier alpha value is -2.84. The SMILES string of the molecule is Cc1cc(S(=O)(=O)[O-])c(N=Nc2c(C)[nH]n(-c3ccc(S(=O)(=O)[O-])cc3)c2=O)cc1Cl. The van der Waals surface area contributed by atoms with Crippen LogP contribution in [0.3, 0.4) is 0 Å². The molecule has 0 radical (unpaired) electrons. The number of rotatable bonds is 5. The fourth-order valence-electron chi connectivity index (χ4n) is 2.63. The van der Waals surface area contributed by atoms with Gasteiger partial charge in [-0.15, -0.1) is 10.2 Å². The first-order valence-corrected chi connectivity index (χ1v) is 11.5. The molecule has 0 fully saturated rings. The largest absolute Gasteiger partial charge is 0.744 e. The van der Waals surface area contributed by atoms with Crippen LogP contribution in [0.2, 0.25) is 5.02 Å². The highest BCUT2D eigenvalue weighted by molar-refractivity contribution is 7.86. The Morgan fingerprint density at radius 1 is 0.968 bits per heavy atom. The van der Waals surface area contributed by atoms with E-state index in [-0.39, 0.29) is 27.8 Å². The van der Waals surface area contributed by atoms with Crippen molar-refractivity contribution in [2.75, 3.05) is 0 Å². The summed E-state index contributed by atoms with van der Waals surface area (Å²) in [4.78, 5) is 11.6. The molecule has 164 valence electrons. The molecule has 0 amide bonds. The number of halogens is 1. The van der Waals surface area contributed by atoms with Crippen molar-refractivity contribution in [2.45, 2.75) is 23.6 Å². The molecule has 3 rings (SSSR count). The maximum absolute atomic E-state index is 12.7. The summed E-state index contributed by atoms with van der Waals surface area (Å²) in [6, 6.07) is 6.78. The molecule has 0 aliphatic carbocycles. The van der Waals surface area contributed by atoms with Crippen LogP contribution in [0, 0.1) is 13.8 Å². The van der Waals surface area contributed by atoms with E-state index in [0.717, 1.165) is 28.9 Å². The average molecular weight is 485 g/mol. The zero-order valence-electron chi connectivity index (χ0n) is 15.9. The van der Waals surface area contributed by atoms with E-state index in [1.165, 1.54) is 26.0 Å². The van der Waals surface area contributed by atoms with Gasteiger partial charge in [0, 0.05) is 5.02 Å². The van der Waals surface area contributed by atoms with Crippen LogP contribution in [0.15, 0.2) is 61.2 Å². The standard InChI is InChI=1S/C17H15ClN4O7S2/c1-9-7-15(31(27,28)29)14(8-13(9)18)19-20-16-10(2)21-22(17(16)23)11-3-5-12(6-4-11)30(24,25)26/h3-8,21H,1-2H3,(H,24,25,26)(H,27,28,29)/p-2. The van der Waals surface area contributed by atoms with Crippen LogP contribution in [0.1, 0.15) is 11.3 Å². The highest BCUT2D eigenvalue weighted by Crippen LogP contribution is 2.31. The second-order valence-corrected chi connectivity index (χ2v) is 9.53. The van der Waals surface area contributed by atoms with Crippen molar-refractivity contribution in [1.82, 2.24) is 9.78 Å². The number of aromatic nitrogens is 2. The van der Waals surface area contributed by atoms with Gasteiger partial charge in [0.25, 0.3) is 5.56 Å². The van der Waals surface area contributed by atoms with Gasteiger partial charge in [-0.05, 0) is 55.8 Å². The third-order valence-corrected chi connectivity index (χ3v) is 6.31. The molecule has 0 atom stereocenters. The number of azo groups is 1. The molecule has 0 spiro atoms. The molecular weight excluding hydrogens is 472 g/mol. The monoisotopic (exact) mass is 484 g/mol. The zero-order valence-corrected chi connectivity index (χ0v) is 18.2. The van der Waals surface area contributed by atoms with Crippen molar-refractivity contribution in [3.8, 4) is 5.69 Å². The van der Waals surface area contributed by atoms with Crippen LogP contribution in [-0.4, -0.2) is 35.7 Å².